The Morgan fingerprint density at radius 1 is 1.40 bits per heavy atom. The maximum absolute atomic E-state index is 4.12. The van der Waals surface area contributed by atoms with E-state index in [0.29, 0.717) is 12.0 Å². The summed E-state index contributed by atoms with van der Waals surface area (Å²) in [6.07, 6.45) is 4.92. The van der Waals surface area contributed by atoms with Crippen LogP contribution in [0.2, 0.25) is 0 Å². The SMILES string of the molecule is CCNC(Cc1ccncc1C)C(C)C. The monoisotopic (exact) mass is 206 g/mol. The summed E-state index contributed by atoms with van der Waals surface area (Å²) in [4.78, 5) is 4.12. The average molecular weight is 206 g/mol. The second-order valence-corrected chi connectivity index (χ2v) is 4.41. The first-order valence-electron chi connectivity index (χ1n) is 5.78. The highest BCUT2D eigenvalue weighted by molar-refractivity contribution is 5.22. The van der Waals surface area contributed by atoms with E-state index in [9.17, 15) is 0 Å². The predicted molar refractivity (Wildman–Crippen MR) is 65.0 cm³/mol. The normalized spacial score (nSPS) is 13.1. The number of hydrogen-bond acceptors (Lipinski definition) is 2. The molecule has 0 spiro atoms. The number of aryl methyl sites for hydroxylation is 1. The van der Waals surface area contributed by atoms with Gasteiger partial charge in [-0.15, -0.1) is 0 Å². The van der Waals surface area contributed by atoms with Crippen molar-refractivity contribution in [3.8, 4) is 0 Å². The second-order valence-electron chi connectivity index (χ2n) is 4.41. The van der Waals surface area contributed by atoms with Crippen molar-refractivity contribution in [1.82, 2.24) is 10.3 Å². The van der Waals surface area contributed by atoms with Crippen molar-refractivity contribution in [3.05, 3.63) is 29.6 Å². The van der Waals surface area contributed by atoms with Crippen LogP contribution in [0.4, 0.5) is 0 Å². The van der Waals surface area contributed by atoms with Crippen LogP contribution in [-0.4, -0.2) is 17.6 Å². The van der Waals surface area contributed by atoms with Crippen molar-refractivity contribution < 1.29 is 0 Å². The highest BCUT2D eigenvalue weighted by Crippen LogP contribution is 2.12. The third-order valence-corrected chi connectivity index (χ3v) is 2.85. The molecule has 0 bridgehead atoms. The van der Waals surface area contributed by atoms with Crippen molar-refractivity contribution in [2.24, 2.45) is 5.92 Å². The van der Waals surface area contributed by atoms with Gasteiger partial charge in [0.15, 0.2) is 0 Å². The van der Waals surface area contributed by atoms with Gasteiger partial charge in [0, 0.05) is 18.4 Å². The fourth-order valence-electron chi connectivity index (χ4n) is 1.77. The Labute approximate surface area is 93.1 Å². The molecule has 84 valence electrons. The summed E-state index contributed by atoms with van der Waals surface area (Å²) in [6.45, 7) is 9.86. The molecule has 0 amide bonds. The number of pyridine rings is 1. The summed E-state index contributed by atoms with van der Waals surface area (Å²) >= 11 is 0. The van der Waals surface area contributed by atoms with Gasteiger partial charge < -0.3 is 5.32 Å². The molecule has 0 fully saturated rings. The van der Waals surface area contributed by atoms with Gasteiger partial charge >= 0.3 is 0 Å². The number of rotatable bonds is 5. The van der Waals surface area contributed by atoms with Gasteiger partial charge in [-0.05, 0) is 43.0 Å². The summed E-state index contributed by atoms with van der Waals surface area (Å²) in [5.41, 5.74) is 2.70. The molecule has 0 aromatic carbocycles. The van der Waals surface area contributed by atoms with Crippen molar-refractivity contribution in [3.63, 3.8) is 0 Å². The van der Waals surface area contributed by atoms with Gasteiger partial charge in [-0.2, -0.15) is 0 Å². The van der Waals surface area contributed by atoms with Crippen LogP contribution in [0.3, 0.4) is 0 Å². The minimum absolute atomic E-state index is 0.566. The molecular weight excluding hydrogens is 184 g/mol. The molecule has 15 heavy (non-hydrogen) atoms. The first kappa shape index (κ1) is 12.2. The van der Waals surface area contributed by atoms with E-state index in [1.165, 1.54) is 11.1 Å². The lowest BCUT2D eigenvalue weighted by Gasteiger charge is -2.22. The van der Waals surface area contributed by atoms with Crippen molar-refractivity contribution >= 4 is 0 Å². The molecule has 0 aliphatic rings. The van der Waals surface area contributed by atoms with E-state index >= 15 is 0 Å². The molecular formula is C13H22N2. The Bertz CT molecular complexity index is 294. The lowest BCUT2D eigenvalue weighted by Crippen LogP contribution is -2.35. The number of aromatic nitrogens is 1. The van der Waals surface area contributed by atoms with Gasteiger partial charge in [-0.1, -0.05) is 20.8 Å². The molecule has 0 saturated carbocycles. The molecule has 1 aromatic heterocycles. The molecule has 1 N–H and O–H groups in total. The average Bonchev–Trinajstić information content (AvgIpc) is 2.20. The molecule has 1 unspecified atom stereocenters. The van der Waals surface area contributed by atoms with Crippen LogP contribution in [0.1, 0.15) is 31.9 Å². The highest BCUT2D eigenvalue weighted by Gasteiger charge is 2.13. The highest BCUT2D eigenvalue weighted by atomic mass is 14.9. The third kappa shape index (κ3) is 3.63. The van der Waals surface area contributed by atoms with Crippen LogP contribution in [-0.2, 0) is 6.42 Å². The summed E-state index contributed by atoms with van der Waals surface area (Å²) in [6, 6.07) is 2.69. The van der Waals surface area contributed by atoms with Crippen molar-refractivity contribution in [2.75, 3.05) is 6.54 Å². The summed E-state index contributed by atoms with van der Waals surface area (Å²) in [5, 5.41) is 3.54. The van der Waals surface area contributed by atoms with Gasteiger partial charge in [-0.25, -0.2) is 0 Å². The summed E-state index contributed by atoms with van der Waals surface area (Å²) < 4.78 is 0. The molecule has 2 nitrogen and oxygen atoms in total. The number of hydrogen-bond donors (Lipinski definition) is 1. The van der Waals surface area contributed by atoms with Gasteiger partial charge in [-0.3, -0.25) is 4.98 Å². The maximum atomic E-state index is 4.12. The Kier molecular flexibility index (Phi) is 4.76. The van der Waals surface area contributed by atoms with Crippen LogP contribution in [0.5, 0.6) is 0 Å². The lowest BCUT2D eigenvalue weighted by atomic mass is 9.95. The second kappa shape index (κ2) is 5.86. The first-order chi connectivity index (χ1) is 7.15. The molecule has 1 heterocycles. The minimum Gasteiger partial charge on any atom is -0.314 e. The zero-order valence-corrected chi connectivity index (χ0v) is 10.2. The largest absolute Gasteiger partial charge is 0.314 e. The third-order valence-electron chi connectivity index (χ3n) is 2.85. The maximum Gasteiger partial charge on any atom is 0.0299 e. The first-order valence-corrected chi connectivity index (χ1v) is 5.78. The van der Waals surface area contributed by atoms with E-state index in [2.05, 4.69) is 44.1 Å². The zero-order chi connectivity index (χ0) is 11.3. The van der Waals surface area contributed by atoms with E-state index < -0.39 is 0 Å². The van der Waals surface area contributed by atoms with Gasteiger partial charge in [0.25, 0.3) is 0 Å². The van der Waals surface area contributed by atoms with Crippen molar-refractivity contribution in [2.45, 2.75) is 40.2 Å². The van der Waals surface area contributed by atoms with E-state index in [1.807, 2.05) is 12.4 Å². The lowest BCUT2D eigenvalue weighted by molar-refractivity contribution is 0.404. The Hall–Kier alpha value is -0.890. The van der Waals surface area contributed by atoms with E-state index in [4.69, 9.17) is 0 Å². The van der Waals surface area contributed by atoms with Crippen LogP contribution in [0, 0.1) is 12.8 Å². The standard InChI is InChI=1S/C13H22N2/c1-5-15-13(10(2)3)8-12-6-7-14-9-11(12)4/h6-7,9-10,13,15H,5,8H2,1-4H3. The minimum atomic E-state index is 0.566. The topological polar surface area (TPSA) is 24.9 Å². The van der Waals surface area contributed by atoms with E-state index in [0.717, 1.165) is 13.0 Å². The van der Waals surface area contributed by atoms with Crippen LogP contribution in [0.25, 0.3) is 0 Å². The Morgan fingerprint density at radius 3 is 2.67 bits per heavy atom. The molecule has 0 aliphatic carbocycles. The molecule has 1 atom stereocenters. The number of likely N-dealkylation sites (N-methyl/N-ethyl adjacent to an activating group) is 1. The van der Waals surface area contributed by atoms with Gasteiger partial charge in [0.2, 0.25) is 0 Å². The van der Waals surface area contributed by atoms with Crippen LogP contribution < -0.4 is 5.32 Å². The zero-order valence-electron chi connectivity index (χ0n) is 10.2. The fourth-order valence-corrected chi connectivity index (χ4v) is 1.77. The van der Waals surface area contributed by atoms with Gasteiger partial charge in [0.05, 0.1) is 0 Å². The summed E-state index contributed by atoms with van der Waals surface area (Å²) in [5.74, 6) is 0.664. The molecule has 2 heteroatoms. The Balaban J connectivity index is 2.69. The predicted octanol–water partition coefficient (Wildman–Crippen LogP) is 2.57. The molecule has 1 rings (SSSR count). The fraction of sp³-hybridized carbons (Fsp3) is 0.615. The Morgan fingerprint density at radius 2 is 2.13 bits per heavy atom. The summed E-state index contributed by atoms with van der Waals surface area (Å²) in [7, 11) is 0. The molecule has 0 aliphatic heterocycles. The van der Waals surface area contributed by atoms with Gasteiger partial charge in [0.1, 0.15) is 0 Å². The van der Waals surface area contributed by atoms with Crippen LogP contribution >= 0.6 is 0 Å². The number of nitrogens with one attached hydrogen (secondary N) is 1. The van der Waals surface area contributed by atoms with E-state index in [-0.39, 0.29) is 0 Å². The quantitative estimate of drug-likeness (QED) is 0.801. The number of nitrogens with zero attached hydrogens (tertiary/aromatic N) is 1. The molecule has 0 saturated heterocycles. The van der Waals surface area contributed by atoms with E-state index in [1.54, 1.807) is 0 Å². The molecule has 1 aromatic rings. The molecule has 0 radical (unpaired) electrons. The smallest absolute Gasteiger partial charge is 0.0299 e. The van der Waals surface area contributed by atoms with Crippen molar-refractivity contribution in [1.29, 1.82) is 0 Å². The van der Waals surface area contributed by atoms with Crippen LogP contribution in [0.15, 0.2) is 18.5 Å².